The van der Waals surface area contributed by atoms with Crippen LogP contribution in [0.1, 0.15) is 413 Å². The van der Waals surface area contributed by atoms with E-state index in [1.165, 1.54) is 231 Å². The summed E-state index contributed by atoms with van der Waals surface area (Å²) in [6.45, 7) is 7.23. The Morgan fingerprint density at radius 2 is 0.474 bits per heavy atom. The first-order valence-electron chi connectivity index (χ1n) is 40.6. The summed E-state index contributed by atoms with van der Waals surface area (Å²) in [5.41, 5.74) is 0. The fraction of sp³-hybridized carbons (Fsp3) is 0.949. The van der Waals surface area contributed by atoms with Gasteiger partial charge in [0.2, 0.25) is 0 Å². The first-order valence-corrected chi connectivity index (χ1v) is 43.6. The average molecular weight is 1420 g/mol. The van der Waals surface area contributed by atoms with Crippen molar-refractivity contribution in [1.29, 1.82) is 0 Å². The lowest BCUT2D eigenvalue weighted by molar-refractivity contribution is -0.161. The molecule has 0 saturated heterocycles. The monoisotopic (exact) mass is 1420 g/mol. The Balaban J connectivity index is 5.23. The maximum atomic E-state index is 13.1. The number of carbonyl (C=O) groups excluding carboxylic acids is 4. The SMILES string of the molecule is CCCCCCCCCCCCCCCCCCCC(=O)OC[C@H](COP(=O)(O)OC[C@@H](O)COP(=O)(O)OC[C@@H](COC(=O)CCCCCCCCC(C)C)OC(=O)CCCCCCCCCCCCCCCC)OC(=O)CCCCCCCCCCCCCCCCCCC. The van der Waals surface area contributed by atoms with Gasteiger partial charge < -0.3 is 33.8 Å². The Kier molecular flexibility index (Phi) is 69.6. The van der Waals surface area contributed by atoms with Crippen LogP contribution >= 0.6 is 15.6 Å². The molecule has 0 bridgehead atoms. The van der Waals surface area contributed by atoms with Crippen LogP contribution in [0, 0.1) is 5.92 Å². The molecular formula is C78H152O17P2. The van der Waals surface area contributed by atoms with E-state index in [0.717, 1.165) is 96.3 Å². The van der Waals surface area contributed by atoms with Crippen molar-refractivity contribution in [2.75, 3.05) is 39.6 Å². The number of hydrogen-bond acceptors (Lipinski definition) is 15. The number of aliphatic hydroxyl groups excluding tert-OH is 1. The Hall–Kier alpha value is -1.94. The number of ether oxygens (including phenoxy) is 4. The first kappa shape index (κ1) is 95.1. The molecule has 576 valence electrons. The Labute approximate surface area is 594 Å². The van der Waals surface area contributed by atoms with Crippen LogP contribution in [0.5, 0.6) is 0 Å². The van der Waals surface area contributed by atoms with Crippen LogP contribution in [0.2, 0.25) is 0 Å². The predicted molar refractivity (Wildman–Crippen MR) is 395 cm³/mol. The highest BCUT2D eigenvalue weighted by atomic mass is 31.2. The van der Waals surface area contributed by atoms with E-state index >= 15 is 0 Å². The molecule has 0 aliphatic carbocycles. The predicted octanol–water partition coefficient (Wildman–Crippen LogP) is 23.3. The molecule has 0 aromatic carbocycles. The highest BCUT2D eigenvalue weighted by Crippen LogP contribution is 2.45. The van der Waals surface area contributed by atoms with E-state index in [-0.39, 0.29) is 25.7 Å². The number of hydrogen-bond donors (Lipinski definition) is 3. The number of aliphatic hydroxyl groups is 1. The van der Waals surface area contributed by atoms with Crippen LogP contribution in [-0.2, 0) is 65.4 Å². The number of phosphoric acid groups is 2. The molecule has 0 radical (unpaired) electrons. The van der Waals surface area contributed by atoms with Gasteiger partial charge in [0, 0.05) is 25.7 Å². The zero-order chi connectivity index (χ0) is 71.2. The summed E-state index contributed by atoms with van der Waals surface area (Å²) in [5, 5.41) is 10.6. The first-order chi connectivity index (χ1) is 47.0. The standard InChI is InChI=1S/C78H152O17P2/c1-6-9-12-15-18-21-24-27-30-32-34-37-39-42-45-51-56-61-75(80)88-67-73(94-77(82)64-59-54-47-44-41-38-35-33-31-28-25-22-19-16-13-10-7-2)69-92-96(84,85)90-65-72(79)66-91-97(86,87)93-70-74(68-89-76(81)62-57-52-49-48-50-55-60-71(4)5)95-78(83)63-58-53-46-43-40-36-29-26-23-20-17-14-11-8-3/h71-74,79H,6-70H2,1-5H3,(H,84,85)(H,86,87)/t72-,73-,74-/m1/s1. The van der Waals surface area contributed by atoms with Gasteiger partial charge in [-0.25, -0.2) is 9.13 Å². The summed E-state index contributed by atoms with van der Waals surface area (Å²) in [4.78, 5) is 72.9. The minimum atomic E-state index is -4.96. The number of unbranched alkanes of at least 4 members (excludes halogenated alkanes) is 50. The second kappa shape index (κ2) is 71.1. The summed E-state index contributed by atoms with van der Waals surface area (Å²) < 4.78 is 68.6. The topological polar surface area (TPSA) is 237 Å². The number of esters is 4. The zero-order valence-corrected chi connectivity index (χ0v) is 65.0. The molecule has 97 heavy (non-hydrogen) atoms. The number of rotatable bonds is 78. The van der Waals surface area contributed by atoms with E-state index < -0.39 is 97.5 Å². The van der Waals surface area contributed by atoms with Crippen LogP contribution in [0.4, 0.5) is 0 Å². The summed E-state index contributed by atoms with van der Waals surface area (Å²) in [5.74, 6) is -1.43. The molecule has 0 aliphatic rings. The molecule has 2 unspecified atom stereocenters. The summed E-state index contributed by atoms with van der Waals surface area (Å²) >= 11 is 0. The number of carbonyl (C=O) groups is 4. The quantitative estimate of drug-likeness (QED) is 0.0222. The largest absolute Gasteiger partial charge is 0.472 e. The van der Waals surface area contributed by atoms with Crippen LogP contribution in [0.25, 0.3) is 0 Å². The normalized spacial score (nSPS) is 13.9. The van der Waals surface area contributed by atoms with Crippen molar-refractivity contribution in [3.8, 4) is 0 Å². The molecule has 3 N–H and O–H groups in total. The minimum Gasteiger partial charge on any atom is -0.462 e. The van der Waals surface area contributed by atoms with Gasteiger partial charge in [-0.3, -0.25) is 37.3 Å². The van der Waals surface area contributed by atoms with Crippen molar-refractivity contribution in [2.24, 2.45) is 5.92 Å². The zero-order valence-electron chi connectivity index (χ0n) is 63.2. The van der Waals surface area contributed by atoms with Gasteiger partial charge in [0.05, 0.1) is 26.4 Å². The van der Waals surface area contributed by atoms with Crippen molar-refractivity contribution in [3.05, 3.63) is 0 Å². The third-order valence-corrected chi connectivity index (χ3v) is 20.2. The Morgan fingerprint density at radius 1 is 0.278 bits per heavy atom. The van der Waals surface area contributed by atoms with E-state index in [4.69, 9.17) is 37.0 Å². The van der Waals surface area contributed by atoms with Gasteiger partial charge in [0.25, 0.3) is 0 Å². The number of phosphoric ester groups is 2. The van der Waals surface area contributed by atoms with Gasteiger partial charge in [0.15, 0.2) is 12.2 Å². The van der Waals surface area contributed by atoms with Crippen molar-refractivity contribution in [3.63, 3.8) is 0 Å². The van der Waals surface area contributed by atoms with Crippen molar-refractivity contribution in [1.82, 2.24) is 0 Å². The van der Waals surface area contributed by atoms with E-state index in [2.05, 4.69) is 34.6 Å². The lowest BCUT2D eigenvalue weighted by atomic mass is 10.0. The second-order valence-corrected chi connectivity index (χ2v) is 31.5. The summed E-state index contributed by atoms with van der Waals surface area (Å²) in [6, 6.07) is 0. The maximum absolute atomic E-state index is 13.1. The molecular weight excluding hydrogens is 1270 g/mol. The molecule has 0 fully saturated rings. The molecule has 5 atom stereocenters. The molecule has 19 heteroatoms. The molecule has 0 amide bonds. The van der Waals surface area contributed by atoms with Gasteiger partial charge in [-0.15, -0.1) is 0 Å². The van der Waals surface area contributed by atoms with Gasteiger partial charge in [-0.05, 0) is 31.6 Å². The summed E-state index contributed by atoms with van der Waals surface area (Å²) in [6.07, 6.45) is 61.1. The molecule has 0 aliphatic heterocycles. The average Bonchev–Trinajstić information content (AvgIpc) is 1.65. The fourth-order valence-corrected chi connectivity index (χ4v) is 13.6. The maximum Gasteiger partial charge on any atom is 0.472 e. The fourth-order valence-electron chi connectivity index (χ4n) is 12.1. The molecule has 0 saturated carbocycles. The van der Waals surface area contributed by atoms with Gasteiger partial charge in [0.1, 0.15) is 19.3 Å². The van der Waals surface area contributed by atoms with E-state index in [1.54, 1.807) is 0 Å². The highest BCUT2D eigenvalue weighted by molar-refractivity contribution is 7.47. The Morgan fingerprint density at radius 3 is 0.701 bits per heavy atom. The minimum absolute atomic E-state index is 0.107. The van der Waals surface area contributed by atoms with E-state index in [9.17, 15) is 43.2 Å². The third kappa shape index (κ3) is 72.2. The van der Waals surface area contributed by atoms with E-state index in [0.29, 0.717) is 31.6 Å². The molecule has 0 heterocycles. The van der Waals surface area contributed by atoms with Crippen molar-refractivity contribution >= 4 is 39.5 Å². The second-order valence-electron chi connectivity index (χ2n) is 28.6. The molecule has 0 aromatic heterocycles. The third-order valence-electron chi connectivity index (χ3n) is 18.3. The smallest absolute Gasteiger partial charge is 0.462 e. The van der Waals surface area contributed by atoms with Crippen molar-refractivity contribution < 1.29 is 80.2 Å². The van der Waals surface area contributed by atoms with Crippen LogP contribution in [0.15, 0.2) is 0 Å². The van der Waals surface area contributed by atoms with Crippen molar-refractivity contribution in [2.45, 2.75) is 432 Å². The van der Waals surface area contributed by atoms with Crippen LogP contribution in [0.3, 0.4) is 0 Å². The lowest BCUT2D eigenvalue weighted by Gasteiger charge is -2.21. The Bertz CT molecular complexity index is 1860. The molecule has 0 aromatic rings. The lowest BCUT2D eigenvalue weighted by Crippen LogP contribution is -2.30. The molecule has 0 rings (SSSR count). The van der Waals surface area contributed by atoms with Gasteiger partial charge in [-0.2, -0.15) is 0 Å². The van der Waals surface area contributed by atoms with E-state index in [1.807, 2.05) is 0 Å². The van der Waals surface area contributed by atoms with Gasteiger partial charge >= 0.3 is 39.5 Å². The highest BCUT2D eigenvalue weighted by Gasteiger charge is 2.30. The van der Waals surface area contributed by atoms with Gasteiger partial charge in [-0.1, -0.05) is 362 Å². The summed E-state index contributed by atoms with van der Waals surface area (Å²) in [7, 11) is -9.91. The molecule has 17 nitrogen and oxygen atoms in total. The molecule has 0 spiro atoms. The van der Waals surface area contributed by atoms with Crippen LogP contribution in [-0.4, -0.2) is 96.7 Å². The van der Waals surface area contributed by atoms with Crippen LogP contribution < -0.4 is 0 Å².